The maximum absolute atomic E-state index is 11.9. The lowest BCUT2D eigenvalue weighted by atomic mass is 9.97. The van der Waals surface area contributed by atoms with Gasteiger partial charge in [-0.25, -0.2) is 13.1 Å². The molecule has 7 heteroatoms. The lowest BCUT2D eigenvalue weighted by Crippen LogP contribution is -2.48. The summed E-state index contributed by atoms with van der Waals surface area (Å²) in [6.07, 6.45) is 2.17. The summed E-state index contributed by atoms with van der Waals surface area (Å²) in [5.74, 6) is 0.290. The minimum Gasteiger partial charge on any atom is -0.452 e. The number of furan rings is 1. The minimum atomic E-state index is -3.49. The molecule has 0 radical (unpaired) electrons. The highest BCUT2D eigenvalue weighted by molar-refractivity contribution is 7.89. The van der Waals surface area contributed by atoms with Crippen molar-refractivity contribution in [1.29, 1.82) is 0 Å². The topological polar surface area (TPSA) is 71.3 Å². The van der Waals surface area contributed by atoms with Gasteiger partial charge in [0.25, 0.3) is 10.0 Å². The second kappa shape index (κ2) is 5.86. The molecule has 1 aliphatic heterocycles. The second-order valence-corrected chi connectivity index (χ2v) is 5.77. The maximum Gasteiger partial charge on any atom is 0.274 e. The van der Waals surface area contributed by atoms with Gasteiger partial charge in [0.15, 0.2) is 0 Å². The predicted octanol–water partition coefficient (Wildman–Crippen LogP) is 0.978. The van der Waals surface area contributed by atoms with Crippen molar-refractivity contribution in [1.82, 2.24) is 10.0 Å². The van der Waals surface area contributed by atoms with Gasteiger partial charge in [-0.05, 0) is 37.6 Å². The van der Waals surface area contributed by atoms with Crippen LogP contribution in [0.15, 0.2) is 27.9 Å². The number of hydrogen-bond acceptors (Lipinski definition) is 4. The first kappa shape index (κ1) is 14.5. The third-order valence-electron chi connectivity index (χ3n) is 2.85. The van der Waals surface area contributed by atoms with E-state index in [1.165, 1.54) is 12.3 Å². The molecule has 1 fully saturated rings. The van der Waals surface area contributed by atoms with E-state index >= 15 is 0 Å². The Morgan fingerprint density at radius 3 is 2.88 bits per heavy atom. The number of sulfonamides is 1. The summed E-state index contributed by atoms with van der Waals surface area (Å²) < 4.78 is 31.4. The molecule has 98 valence electrons. The van der Waals surface area contributed by atoms with Gasteiger partial charge >= 0.3 is 0 Å². The van der Waals surface area contributed by atoms with Crippen molar-refractivity contribution in [3.05, 3.63) is 18.4 Å². The van der Waals surface area contributed by atoms with Gasteiger partial charge in [-0.3, -0.25) is 0 Å². The quantitative estimate of drug-likeness (QED) is 0.866. The molecule has 0 bridgehead atoms. The van der Waals surface area contributed by atoms with Crippen LogP contribution < -0.4 is 10.0 Å². The summed E-state index contributed by atoms with van der Waals surface area (Å²) in [5.41, 5.74) is 0. The van der Waals surface area contributed by atoms with Gasteiger partial charge < -0.3 is 9.73 Å². The van der Waals surface area contributed by atoms with Crippen molar-refractivity contribution in [3.8, 4) is 0 Å². The Labute approximate surface area is 107 Å². The van der Waals surface area contributed by atoms with E-state index in [2.05, 4.69) is 10.0 Å². The first-order chi connectivity index (χ1) is 7.59. The fourth-order valence-electron chi connectivity index (χ4n) is 1.86. The van der Waals surface area contributed by atoms with Gasteiger partial charge in [0.1, 0.15) is 0 Å². The molecule has 0 amide bonds. The molecule has 0 aliphatic carbocycles. The average Bonchev–Trinajstić information content (AvgIpc) is 2.75. The van der Waals surface area contributed by atoms with E-state index in [4.69, 9.17) is 4.42 Å². The Bertz CT molecular complexity index is 432. The third kappa shape index (κ3) is 3.45. The molecule has 2 atom stereocenters. The molecule has 1 saturated heterocycles. The summed E-state index contributed by atoms with van der Waals surface area (Å²) >= 11 is 0. The second-order valence-electron chi connectivity index (χ2n) is 4.13. The van der Waals surface area contributed by atoms with Crippen LogP contribution in [-0.4, -0.2) is 27.5 Å². The van der Waals surface area contributed by atoms with Crippen molar-refractivity contribution in [2.75, 3.05) is 13.1 Å². The predicted molar refractivity (Wildman–Crippen MR) is 66.7 cm³/mol. The van der Waals surface area contributed by atoms with Crippen molar-refractivity contribution in [2.24, 2.45) is 5.92 Å². The number of halogens is 1. The zero-order valence-corrected chi connectivity index (χ0v) is 11.2. The SMILES string of the molecule is CC1CNCCC1NS(=O)(=O)c1ccco1.Cl. The Hall–Kier alpha value is -0.560. The Morgan fingerprint density at radius 1 is 1.53 bits per heavy atom. The normalized spacial score (nSPS) is 25.2. The van der Waals surface area contributed by atoms with E-state index in [1.54, 1.807) is 6.07 Å². The molecule has 1 aromatic rings. The van der Waals surface area contributed by atoms with Gasteiger partial charge in [-0.2, -0.15) is 0 Å². The molecule has 17 heavy (non-hydrogen) atoms. The minimum absolute atomic E-state index is 0. The van der Waals surface area contributed by atoms with E-state index < -0.39 is 10.0 Å². The highest BCUT2D eigenvalue weighted by atomic mass is 35.5. The summed E-state index contributed by atoms with van der Waals surface area (Å²) in [6, 6.07) is 3.01. The summed E-state index contributed by atoms with van der Waals surface area (Å²) in [6.45, 7) is 3.71. The summed E-state index contributed by atoms with van der Waals surface area (Å²) in [5, 5.41) is 3.21. The smallest absolute Gasteiger partial charge is 0.274 e. The van der Waals surface area contributed by atoms with Gasteiger partial charge in [0, 0.05) is 6.04 Å². The molecule has 1 aromatic heterocycles. The Balaban J connectivity index is 0.00000144. The fraction of sp³-hybridized carbons (Fsp3) is 0.600. The van der Waals surface area contributed by atoms with E-state index in [9.17, 15) is 8.42 Å². The van der Waals surface area contributed by atoms with Crippen LogP contribution in [0.5, 0.6) is 0 Å². The van der Waals surface area contributed by atoms with Gasteiger partial charge in [-0.1, -0.05) is 6.92 Å². The maximum atomic E-state index is 11.9. The third-order valence-corrected chi connectivity index (χ3v) is 4.23. The fourth-order valence-corrected chi connectivity index (χ4v) is 3.17. The van der Waals surface area contributed by atoms with Crippen molar-refractivity contribution < 1.29 is 12.8 Å². The number of nitrogens with one attached hydrogen (secondary N) is 2. The van der Waals surface area contributed by atoms with Crippen LogP contribution in [0, 0.1) is 5.92 Å². The van der Waals surface area contributed by atoms with E-state index in [0.717, 1.165) is 19.5 Å². The highest BCUT2D eigenvalue weighted by Crippen LogP contribution is 2.15. The largest absolute Gasteiger partial charge is 0.452 e. The van der Waals surface area contributed by atoms with Crippen LogP contribution in [0.4, 0.5) is 0 Å². The van der Waals surface area contributed by atoms with Crippen LogP contribution in [0.1, 0.15) is 13.3 Å². The monoisotopic (exact) mass is 280 g/mol. The molecule has 5 nitrogen and oxygen atoms in total. The first-order valence-electron chi connectivity index (χ1n) is 5.36. The van der Waals surface area contributed by atoms with Crippen molar-refractivity contribution in [3.63, 3.8) is 0 Å². The van der Waals surface area contributed by atoms with Gasteiger partial charge in [0.05, 0.1) is 6.26 Å². The summed E-state index contributed by atoms with van der Waals surface area (Å²) in [7, 11) is -3.49. The van der Waals surface area contributed by atoms with E-state index in [0.29, 0.717) is 5.92 Å². The van der Waals surface area contributed by atoms with Gasteiger partial charge in [-0.15, -0.1) is 12.4 Å². The van der Waals surface area contributed by atoms with E-state index in [1.807, 2.05) is 6.92 Å². The zero-order chi connectivity index (χ0) is 11.6. The molecule has 0 spiro atoms. The number of hydrogen-bond donors (Lipinski definition) is 2. The van der Waals surface area contributed by atoms with Crippen LogP contribution in [0.25, 0.3) is 0 Å². The molecule has 0 saturated carbocycles. The molecule has 2 rings (SSSR count). The zero-order valence-electron chi connectivity index (χ0n) is 9.55. The molecule has 2 N–H and O–H groups in total. The Kier molecular flexibility index (Phi) is 5.00. The van der Waals surface area contributed by atoms with Crippen molar-refractivity contribution in [2.45, 2.75) is 24.5 Å². The first-order valence-corrected chi connectivity index (χ1v) is 6.84. The molecule has 2 unspecified atom stereocenters. The lowest BCUT2D eigenvalue weighted by Gasteiger charge is -2.29. The summed E-state index contributed by atoms with van der Waals surface area (Å²) in [4.78, 5) is 0. The number of piperidine rings is 1. The van der Waals surface area contributed by atoms with Crippen LogP contribution in [0.2, 0.25) is 0 Å². The Morgan fingerprint density at radius 2 is 2.29 bits per heavy atom. The average molecular weight is 281 g/mol. The van der Waals surface area contributed by atoms with Crippen molar-refractivity contribution >= 4 is 22.4 Å². The van der Waals surface area contributed by atoms with Crippen LogP contribution in [0.3, 0.4) is 0 Å². The standard InChI is InChI=1S/C10H16N2O3S.ClH/c1-8-7-11-5-4-9(8)12-16(13,14)10-3-2-6-15-10;/h2-3,6,8-9,11-12H,4-5,7H2,1H3;1H. The van der Waals surface area contributed by atoms with Gasteiger partial charge in [0.2, 0.25) is 5.09 Å². The van der Waals surface area contributed by atoms with Crippen LogP contribution >= 0.6 is 12.4 Å². The van der Waals surface area contributed by atoms with Crippen LogP contribution in [-0.2, 0) is 10.0 Å². The van der Waals surface area contributed by atoms with E-state index in [-0.39, 0.29) is 23.5 Å². The molecular formula is C10H17ClN2O3S. The molecule has 2 heterocycles. The molecular weight excluding hydrogens is 264 g/mol. The number of rotatable bonds is 3. The highest BCUT2D eigenvalue weighted by Gasteiger charge is 2.27. The molecule has 0 aromatic carbocycles. The lowest BCUT2D eigenvalue weighted by molar-refractivity contribution is 0.325. The molecule has 1 aliphatic rings.